The van der Waals surface area contributed by atoms with Crippen LogP contribution in [0.4, 0.5) is 5.13 Å². The molecule has 0 saturated carbocycles. The van der Waals surface area contributed by atoms with E-state index in [4.69, 9.17) is 0 Å². The molecule has 1 aromatic heterocycles. The van der Waals surface area contributed by atoms with Gasteiger partial charge in [-0.15, -0.1) is 11.3 Å². The molecule has 2 atom stereocenters. The average Bonchev–Trinajstić information content (AvgIpc) is 3.20. The normalized spacial score (nSPS) is 19.2. The van der Waals surface area contributed by atoms with Gasteiger partial charge < -0.3 is 0 Å². The highest BCUT2D eigenvalue weighted by molar-refractivity contribution is 7.89. The lowest BCUT2D eigenvalue weighted by Gasteiger charge is -2.34. The first-order valence-electron chi connectivity index (χ1n) is 11.5. The number of benzene rings is 2. The average molecular weight is 498 g/mol. The van der Waals surface area contributed by atoms with Crippen LogP contribution in [0.3, 0.4) is 0 Å². The van der Waals surface area contributed by atoms with E-state index in [1.54, 1.807) is 16.4 Å². The second kappa shape index (κ2) is 9.60. The third-order valence-corrected chi connectivity index (χ3v) is 8.85. The molecule has 2 heterocycles. The van der Waals surface area contributed by atoms with E-state index in [0.717, 1.165) is 28.8 Å². The largest absolute Gasteiger partial charge is 0.298 e. The lowest BCUT2D eigenvalue weighted by molar-refractivity contribution is 0.102. The van der Waals surface area contributed by atoms with Gasteiger partial charge in [-0.05, 0) is 74.4 Å². The number of piperidine rings is 1. The molecule has 6 nitrogen and oxygen atoms in total. The van der Waals surface area contributed by atoms with E-state index in [9.17, 15) is 13.2 Å². The van der Waals surface area contributed by atoms with Crippen molar-refractivity contribution in [1.29, 1.82) is 0 Å². The molecule has 1 amide bonds. The summed E-state index contributed by atoms with van der Waals surface area (Å²) in [5.74, 6) is 0.348. The number of thiazole rings is 1. The van der Waals surface area contributed by atoms with Crippen molar-refractivity contribution in [1.82, 2.24) is 9.29 Å². The van der Waals surface area contributed by atoms with Crippen LogP contribution < -0.4 is 5.32 Å². The fraction of sp³-hybridized carbons (Fsp3) is 0.385. The minimum Gasteiger partial charge on any atom is -0.298 e. The second-order valence-corrected chi connectivity index (χ2v) is 12.4. The standard InChI is InChI=1S/C26H31N3O3S2/c1-16-11-19(4)24(20(5)12-16)23-15-33-26(27-23)28-25(30)21-6-8-22(9-7-21)34(31,32)29-13-17(2)10-18(3)14-29/h6-9,11-12,15,17-18H,10,13-14H2,1-5H3,(H,27,28,30)/t17-,18-/m0/s1. The quantitative estimate of drug-likeness (QED) is 0.494. The van der Waals surface area contributed by atoms with E-state index >= 15 is 0 Å². The molecule has 4 rings (SSSR count). The Morgan fingerprint density at radius 2 is 1.62 bits per heavy atom. The highest BCUT2D eigenvalue weighted by Gasteiger charge is 2.31. The van der Waals surface area contributed by atoms with E-state index in [1.165, 1.54) is 29.0 Å². The van der Waals surface area contributed by atoms with E-state index in [2.05, 4.69) is 57.1 Å². The molecule has 0 unspecified atom stereocenters. The van der Waals surface area contributed by atoms with Crippen molar-refractivity contribution in [3.8, 4) is 11.3 Å². The summed E-state index contributed by atoms with van der Waals surface area (Å²) in [4.78, 5) is 17.6. The zero-order valence-corrected chi connectivity index (χ0v) is 21.9. The number of carbonyl (C=O) groups is 1. The summed E-state index contributed by atoms with van der Waals surface area (Å²) in [6.45, 7) is 11.4. The first kappa shape index (κ1) is 24.6. The molecule has 0 bridgehead atoms. The van der Waals surface area contributed by atoms with Crippen LogP contribution >= 0.6 is 11.3 Å². The van der Waals surface area contributed by atoms with Crippen LogP contribution in [0, 0.1) is 32.6 Å². The summed E-state index contributed by atoms with van der Waals surface area (Å²) < 4.78 is 27.7. The van der Waals surface area contributed by atoms with Crippen LogP contribution in [0.2, 0.25) is 0 Å². The first-order valence-corrected chi connectivity index (χ1v) is 13.8. The van der Waals surface area contributed by atoms with E-state index < -0.39 is 10.0 Å². The molecule has 0 aliphatic carbocycles. The van der Waals surface area contributed by atoms with Gasteiger partial charge in [-0.3, -0.25) is 10.1 Å². The maximum atomic E-state index is 13.1. The molecule has 34 heavy (non-hydrogen) atoms. The molecule has 8 heteroatoms. The molecule has 180 valence electrons. The van der Waals surface area contributed by atoms with Crippen LogP contribution in [0.15, 0.2) is 46.7 Å². The van der Waals surface area contributed by atoms with E-state index in [1.807, 2.05) is 5.38 Å². The Hall–Kier alpha value is -2.55. The SMILES string of the molecule is Cc1cc(C)c(-c2csc(NC(=O)c3ccc(S(=O)(=O)N4C[C@@H](C)C[C@H](C)C4)cc3)n2)c(C)c1. The van der Waals surface area contributed by atoms with Crippen LogP contribution in [0.1, 0.15) is 47.3 Å². The van der Waals surface area contributed by atoms with Gasteiger partial charge in [0.15, 0.2) is 5.13 Å². The number of nitrogens with one attached hydrogen (secondary N) is 1. The van der Waals surface area contributed by atoms with E-state index in [0.29, 0.717) is 35.6 Å². The number of amides is 1. The van der Waals surface area contributed by atoms with Crippen molar-refractivity contribution in [3.63, 3.8) is 0 Å². The molecule has 1 aliphatic heterocycles. The number of carbonyl (C=O) groups excluding carboxylic acids is 1. The lowest BCUT2D eigenvalue weighted by atomic mass is 9.94. The van der Waals surface area contributed by atoms with Crippen molar-refractivity contribution in [2.24, 2.45) is 11.8 Å². The topological polar surface area (TPSA) is 79.4 Å². The molecule has 2 aromatic carbocycles. The third-order valence-electron chi connectivity index (χ3n) is 6.25. The van der Waals surface area contributed by atoms with Gasteiger partial charge in [-0.1, -0.05) is 31.5 Å². The van der Waals surface area contributed by atoms with Gasteiger partial charge >= 0.3 is 0 Å². The van der Waals surface area contributed by atoms with Crippen molar-refractivity contribution < 1.29 is 13.2 Å². The van der Waals surface area contributed by atoms with Crippen molar-refractivity contribution in [2.45, 2.75) is 45.9 Å². The van der Waals surface area contributed by atoms with Crippen LogP contribution in [-0.4, -0.2) is 36.7 Å². The number of hydrogen-bond donors (Lipinski definition) is 1. The number of hydrogen-bond acceptors (Lipinski definition) is 5. The van der Waals surface area contributed by atoms with Crippen LogP contribution in [0.5, 0.6) is 0 Å². The molecule has 3 aromatic rings. The molecular formula is C26H31N3O3S2. The Kier molecular flexibility index (Phi) is 6.94. The number of aromatic nitrogens is 1. The number of aryl methyl sites for hydroxylation is 3. The molecular weight excluding hydrogens is 466 g/mol. The third kappa shape index (κ3) is 5.09. The van der Waals surface area contributed by atoms with Gasteiger partial charge in [0.05, 0.1) is 10.6 Å². The number of sulfonamides is 1. The van der Waals surface area contributed by atoms with Gasteiger partial charge in [0.25, 0.3) is 5.91 Å². The molecule has 1 saturated heterocycles. The Morgan fingerprint density at radius 3 is 2.21 bits per heavy atom. The zero-order chi connectivity index (χ0) is 24.6. The number of anilines is 1. The van der Waals surface area contributed by atoms with Gasteiger partial charge in [0.2, 0.25) is 10.0 Å². The smallest absolute Gasteiger partial charge is 0.257 e. The summed E-state index contributed by atoms with van der Waals surface area (Å²) >= 11 is 1.37. The predicted octanol–water partition coefficient (Wildman–Crippen LogP) is 5.65. The molecule has 1 aliphatic rings. The summed E-state index contributed by atoms with van der Waals surface area (Å²) in [6, 6.07) is 10.4. The van der Waals surface area contributed by atoms with E-state index in [-0.39, 0.29) is 10.8 Å². The first-order chi connectivity index (χ1) is 16.0. The van der Waals surface area contributed by atoms with Crippen molar-refractivity contribution in [2.75, 3.05) is 18.4 Å². The van der Waals surface area contributed by atoms with Gasteiger partial charge in [0, 0.05) is 29.6 Å². The Labute approximate surface area is 206 Å². The molecule has 0 spiro atoms. The van der Waals surface area contributed by atoms with Gasteiger partial charge in [-0.2, -0.15) is 4.31 Å². The summed E-state index contributed by atoms with van der Waals surface area (Å²) in [5.41, 5.74) is 5.81. The minimum atomic E-state index is -3.58. The van der Waals surface area contributed by atoms with Crippen LogP contribution in [-0.2, 0) is 10.0 Å². The van der Waals surface area contributed by atoms with Gasteiger partial charge in [-0.25, -0.2) is 13.4 Å². The van der Waals surface area contributed by atoms with Crippen molar-refractivity contribution in [3.05, 3.63) is 64.0 Å². The molecule has 1 N–H and O–H groups in total. The fourth-order valence-corrected chi connectivity index (χ4v) is 7.30. The Bertz CT molecular complexity index is 1280. The molecule has 1 fully saturated rings. The maximum Gasteiger partial charge on any atom is 0.257 e. The second-order valence-electron chi connectivity index (χ2n) is 9.56. The maximum absolute atomic E-state index is 13.1. The van der Waals surface area contributed by atoms with Crippen molar-refractivity contribution >= 4 is 32.4 Å². The van der Waals surface area contributed by atoms with Gasteiger partial charge in [0.1, 0.15) is 0 Å². The number of nitrogens with zero attached hydrogens (tertiary/aromatic N) is 2. The zero-order valence-electron chi connectivity index (χ0n) is 20.3. The predicted molar refractivity (Wildman–Crippen MR) is 138 cm³/mol. The summed E-state index contributed by atoms with van der Waals surface area (Å²) in [6.07, 6.45) is 1.03. The lowest BCUT2D eigenvalue weighted by Crippen LogP contribution is -2.42. The minimum absolute atomic E-state index is 0.215. The Balaban J connectivity index is 1.48. The highest BCUT2D eigenvalue weighted by Crippen LogP contribution is 2.31. The fourth-order valence-electron chi connectivity index (χ4n) is 4.93. The highest BCUT2D eigenvalue weighted by atomic mass is 32.2. The Morgan fingerprint density at radius 1 is 1.03 bits per heavy atom. The summed E-state index contributed by atoms with van der Waals surface area (Å²) in [5, 5.41) is 5.29. The van der Waals surface area contributed by atoms with Crippen LogP contribution in [0.25, 0.3) is 11.3 Å². The monoisotopic (exact) mass is 497 g/mol. The molecule has 0 radical (unpaired) electrons. The summed E-state index contributed by atoms with van der Waals surface area (Å²) in [7, 11) is -3.58. The number of rotatable bonds is 5.